The molecule has 1 N–H and O–H groups in total. The van der Waals surface area contributed by atoms with Gasteiger partial charge in [-0.1, -0.05) is 13.8 Å². The van der Waals surface area contributed by atoms with Crippen LogP contribution in [0.15, 0.2) is 6.20 Å². The van der Waals surface area contributed by atoms with Gasteiger partial charge in [-0.2, -0.15) is 10.1 Å². The first-order valence-electron chi connectivity index (χ1n) is 5.85. The van der Waals surface area contributed by atoms with E-state index in [-0.39, 0.29) is 0 Å². The second kappa shape index (κ2) is 6.25. The third-order valence-electron chi connectivity index (χ3n) is 2.29. The fourth-order valence-corrected chi connectivity index (χ4v) is 1.33. The quantitative estimate of drug-likeness (QED) is 0.796. The number of anilines is 2. The SMILES string of the molecule is CCN(CC)c1nncc(NCC(C)C)n1. The monoisotopic (exact) mass is 223 g/mol. The predicted molar refractivity (Wildman–Crippen MR) is 66.7 cm³/mol. The molecule has 0 fully saturated rings. The molecular weight excluding hydrogens is 202 g/mol. The second-order valence-electron chi connectivity index (χ2n) is 4.09. The molecule has 1 heterocycles. The zero-order valence-electron chi connectivity index (χ0n) is 10.6. The van der Waals surface area contributed by atoms with Crippen LogP contribution >= 0.6 is 0 Å². The third-order valence-corrected chi connectivity index (χ3v) is 2.29. The van der Waals surface area contributed by atoms with Crippen LogP contribution in [0.5, 0.6) is 0 Å². The molecule has 0 aliphatic rings. The summed E-state index contributed by atoms with van der Waals surface area (Å²) < 4.78 is 0. The minimum absolute atomic E-state index is 0.590. The topological polar surface area (TPSA) is 53.9 Å². The molecule has 5 nitrogen and oxygen atoms in total. The number of nitrogens with zero attached hydrogens (tertiary/aromatic N) is 4. The lowest BCUT2D eigenvalue weighted by Gasteiger charge is -2.18. The van der Waals surface area contributed by atoms with Crippen LogP contribution in [0.4, 0.5) is 11.8 Å². The van der Waals surface area contributed by atoms with E-state index in [1.165, 1.54) is 0 Å². The molecule has 0 saturated heterocycles. The Bertz CT molecular complexity index is 309. The molecule has 1 aromatic heterocycles. The van der Waals surface area contributed by atoms with Crippen LogP contribution < -0.4 is 10.2 Å². The molecule has 0 amide bonds. The summed E-state index contributed by atoms with van der Waals surface area (Å²) in [6.45, 7) is 11.2. The lowest BCUT2D eigenvalue weighted by molar-refractivity contribution is 0.685. The van der Waals surface area contributed by atoms with Crippen LogP contribution in [0.25, 0.3) is 0 Å². The lowest BCUT2D eigenvalue weighted by atomic mass is 10.2. The molecule has 0 radical (unpaired) electrons. The zero-order chi connectivity index (χ0) is 12.0. The van der Waals surface area contributed by atoms with Crippen molar-refractivity contribution in [3.63, 3.8) is 0 Å². The number of nitrogens with one attached hydrogen (secondary N) is 1. The average Bonchev–Trinajstić information content (AvgIpc) is 2.29. The van der Waals surface area contributed by atoms with Crippen LogP contribution in [0.2, 0.25) is 0 Å². The number of rotatable bonds is 6. The maximum absolute atomic E-state index is 4.43. The van der Waals surface area contributed by atoms with E-state index in [1.807, 2.05) is 0 Å². The Morgan fingerprint density at radius 2 is 2.00 bits per heavy atom. The van der Waals surface area contributed by atoms with Gasteiger partial charge in [0.25, 0.3) is 0 Å². The Balaban J connectivity index is 2.70. The van der Waals surface area contributed by atoms with E-state index in [4.69, 9.17) is 0 Å². The highest BCUT2D eigenvalue weighted by Gasteiger charge is 2.06. The Hall–Kier alpha value is -1.39. The van der Waals surface area contributed by atoms with Gasteiger partial charge in [-0.25, -0.2) is 0 Å². The van der Waals surface area contributed by atoms with Crippen molar-refractivity contribution >= 4 is 11.8 Å². The first kappa shape index (κ1) is 12.7. The van der Waals surface area contributed by atoms with Crippen molar-refractivity contribution in [3.05, 3.63) is 6.20 Å². The summed E-state index contributed by atoms with van der Waals surface area (Å²) in [7, 11) is 0. The zero-order valence-corrected chi connectivity index (χ0v) is 10.6. The van der Waals surface area contributed by atoms with Crippen molar-refractivity contribution in [3.8, 4) is 0 Å². The van der Waals surface area contributed by atoms with Gasteiger partial charge in [0.15, 0.2) is 5.82 Å². The Labute approximate surface area is 97.3 Å². The van der Waals surface area contributed by atoms with Gasteiger partial charge in [-0.15, -0.1) is 5.10 Å². The fourth-order valence-electron chi connectivity index (χ4n) is 1.33. The largest absolute Gasteiger partial charge is 0.368 e. The molecule has 0 bridgehead atoms. The van der Waals surface area contributed by atoms with Gasteiger partial charge in [-0.05, 0) is 19.8 Å². The first-order valence-corrected chi connectivity index (χ1v) is 5.85. The molecule has 0 unspecified atom stereocenters. The summed E-state index contributed by atoms with van der Waals surface area (Å²) in [6.07, 6.45) is 1.66. The van der Waals surface area contributed by atoms with Crippen LogP contribution in [-0.4, -0.2) is 34.8 Å². The van der Waals surface area contributed by atoms with Gasteiger partial charge in [0.1, 0.15) is 0 Å². The average molecular weight is 223 g/mol. The Morgan fingerprint density at radius 3 is 2.56 bits per heavy atom. The Kier molecular flexibility index (Phi) is 4.95. The van der Waals surface area contributed by atoms with Gasteiger partial charge in [0, 0.05) is 19.6 Å². The summed E-state index contributed by atoms with van der Waals surface area (Å²) in [6, 6.07) is 0. The third kappa shape index (κ3) is 3.64. The molecule has 0 aliphatic carbocycles. The van der Waals surface area contributed by atoms with Crippen LogP contribution in [0.1, 0.15) is 27.7 Å². The van der Waals surface area contributed by atoms with E-state index in [2.05, 4.69) is 53.1 Å². The van der Waals surface area contributed by atoms with Gasteiger partial charge in [0.2, 0.25) is 5.95 Å². The molecule has 0 aromatic carbocycles. The second-order valence-corrected chi connectivity index (χ2v) is 4.09. The van der Waals surface area contributed by atoms with Crippen molar-refractivity contribution in [1.29, 1.82) is 0 Å². The highest BCUT2D eigenvalue weighted by Crippen LogP contribution is 2.09. The number of hydrogen-bond acceptors (Lipinski definition) is 5. The van der Waals surface area contributed by atoms with Crippen molar-refractivity contribution in [2.24, 2.45) is 5.92 Å². The van der Waals surface area contributed by atoms with E-state index in [9.17, 15) is 0 Å². The summed E-state index contributed by atoms with van der Waals surface area (Å²) in [5.41, 5.74) is 0. The van der Waals surface area contributed by atoms with Crippen LogP contribution in [-0.2, 0) is 0 Å². The molecule has 0 saturated carbocycles. The molecule has 5 heteroatoms. The van der Waals surface area contributed by atoms with Crippen molar-refractivity contribution in [1.82, 2.24) is 15.2 Å². The molecule has 1 aromatic rings. The highest BCUT2D eigenvalue weighted by atomic mass is 15.3. The van der Waals surface area contributed by atoms with Crippen molar-refractivity contribution in [2.75, 3.05) is 29.9 Å². The molecule has 0 spiro atoms. The van der Waals surface area contributed by atoms with Crippen LogP contribution in [0, 0.1) is 5.92 Å². The van der Waals surface area contributed by atoms with E-state index in [0.29, 0.717) is 11.9 Å². The van der Waals surface area contributed by atoms with Gasteiger partial charge in [-0.3, -0.25) is 0 Å². The summed E-state index contributed by atoms with van der Waals surface area (Å²) in [5.74, 6) is 2.08. The predicted octanol–water partition coefficient (Wildman–Crippen LogP) is 1.79. The molecule has 0 atom stereocenters. The van der Waals surface area contributed by atoms with E-state index in [1.54, 1.807) is 6.20 Å². The van der Waals surface area contributed by atoms with E-state index >= 15 is 0 Å². The minimum atomic E-state index is 0.590. The fraction of sp³-hybridized carbons (Fsp3) is 0.727. The minimum Gasteiger partial charge on any atom is -0.368 e. The van der Waals surface area contributed by atoms with Gasteiger partial charge in [0.05, 0.1) is 6.20 Å². The van der Waals surface area contributed by atoms with Crippen LogP contribution in [0.3, 0.4) is 0 Å². The smallest absolute Gasteiger partial charge is 0.247 e. The lowest BCUT2D eigenvalue weighted by Crippen LogP contribution is -2.25. The van der Waals surface area contributed by atoms with Gasteiger partial charge < -0.3 is 10.2 Å². The molecule has 0 aliphatic heterocycles. The normalized spacial score (nSPS) is 10.6. The standard InChI is InChI=1S/C11H21N5/c1-5-16(6-2)11-14-10(8-13-15-11)12-7-9(3)4/h8-9H,5-7H2,1-4H3,(H,12,14,15). The maximum atomic E-state index is 4.43. The summed E-state index contributed by atoms with van der Waals surface area (Å²) in [4.78, 5) is 6.50. The Morgan fingerprint density at radius 1 is 1.31 bits per heavy atom. The summed E-state index contributed by atoms with van der Waals surface area (Å²) >= 11 is 0. The first-order chi connectivity index (χ1) is 7.67. The van der Waals surface area contributed by atoms with Crippen molar-refractivity contribution < 1.29 is 0 Å². The molecule has 1 rings (SSSR count). The number of hydrogen-bond donors (Lipinski definition) is 1. The molecular formula is C11H21N5. The van der Waals surface area contributed by atoms with E-state index < -0.39 is 0 Å². The van der Waals surface area contributed by atoms with Gasteiger partial charge >= 0.3 is 0 Å². The molecule has 90 valence electrons. The van der Waals surface area contributed by atoms with E-state index in [0.717, 1.165) is 25.5 Å². The molecule has 16 heavy (non-hydrogen) atoms. The highest BCUT2D eigenvalue weighted by molar-refractivity contribution is 5.38. The number of aromatic nitrogens is 3. The van der Waals surface area contributed by atoms with Crippen molar-refractivity contribution in [2.45, 2.75) is 27.7 Å². The maximum Gasteiger partial charge on any atom is 0.247 e. The summed E-state index contributed by atoms with van der Waals surface area (Å²) in [5, 5.41) is 11.2.